The first-order chi connectivity index (χ1) is 7.79. The number of hydrogen-bond donors (Lipinski definition) is 0. The molecule has 0 amide bonds. The van der Waals surface area contributed by atoms with E-state index in [4.69, 9.17) is 11.6 Å². The van der Waals surface area contributed by atoms with Gasteiger partial charge >= 0.3 is 0 Å². The summed E-state index contributed by atoms with van der Waals surface area (Å²) in [6.07, 6.45) is 9.97. The molecule has 0 unspecified atom stereocenters. The van der Waals surface area contributed by atoms with E-state index in [1.165, 1.54) is 32.1 Å². The molecule has 0 nitrogen and oxygen atoms in total. The van der Waals surface area contributed by atoms with Gasteiger partial charge in [0, 0.05) is 14.2 Å². The third kappa shape index (κ3) is 3.50. The number of rotatable bonds is 3. The zero-order valence-corrected chi connectivity index (χ0v) is 12.4. The first-order valence-corrected chi connectivity index (χ1v) is 9.83. The highest BCUT2D eigenvalue weighted by Crippen LogP contribution is 2.40. The maximum absolute atomic E-state index is 6.19. The summed E-state index contributed by atoms with van der Waals surface area (Å²) < 4.78 is 0. The molecule has 2 heteroatoms. The van der Waals surface area contributed by atoms with Crippen molar-refractivity contribution in [2.24, 2.45) is 11.8 Å². The quantitative estimate of drug-likeness (QED) is 0.488. The molecule has 0 N–H and O–H groups in total. The lowest BCUT2D eigenvalue weighted by Gasteiger charge is -2.36. The number of hydrogen-bond acceptors (Lipinski definition) is 0. The van der Waals surface area contributed by atoms with Gasteiger partial charge in [-0.05, 0) is 37.5 Å². The fraction of sp³-hybridized carbons (Fsp3) is 1.00. The molecule has 2 rings (SSSR count). The van der Waals surface area contributed by atoms with Crippen LogP contribution in [0.2, 0.25) is 18.1 Å². The molecule has 1 saturated heterocycles. The van der Waals surface area contributed by atoms with E-state index in [0.717, 1.165) is 11.8 Å². The lowest BCUT2D eigenvalue weighted by molar-refractivity contribution is 0.232. The van der Waals surface area contributed by atoms with E-state index in [9.17, 15) is 0 Å². The molecule has 1 aliphatic carbocycles. The Bertz CT molecular complexity index is 191. The molecule has 1 aliphatic heterocycles. The highest BCUT2D eigenvalue weighted by atomic mass is 35.5. The lowest BCUT2D eigenvalue weighted by Crippen LogP contribution is -2.28. The molecule has 0 aromatic heterocycles. The van der Waals surface area contributed by atoms with Crippen LogP contribution >= 0.6 is 11.6 Å². The smallest absolute Gasteiger partial charge is 0.0479 e. The first-order valence-electron chi connectivity index (χ1n) is 7.27. The van der Waals surface area contributed by atoms with Crippen molar-refractivity contribution in [1.29, 1.82) is 0 Å². The highest BCUT2D eigenvalue weighted by molar-refractivity contribution is 6.58. The molecule has 0 spiro atoms. The monoisotopic (exact) mass is 257 g/mol. The van der Waals surface area contributed by atoms with Gasteiger partial charge in [-0.2, -0.15) is 0 Å². The molecule has 0 aromatic carbocycles. The predicted molar refractivity (Wildman–Crippen MR) is 74.8 cm³/mol. The molecule has 0 aromatic rings. The minimum absolute atomic E-state index is 0.0941. The summed E-state index contributed by atoms with van der Waals surface area (Å²) in [4.78, 5) is 0. The van der Waals surface area contributed by atoms with Gasteiger partial charge in [-0.25, -0.2) is 0 Å². The van der Waals surface area contributed by atoms with Crippen molar-refractivity contribution in [3.63, 3.8) is 0 Å². The van der Waals surface area contributed by atoms with Crippen molar-refractivity contribution >= 4 is 20.4 Å². The van der Waals surface area contributed by atoms with Crippen LogP contribution in [0.15, 0.2) is 0 Å². The van der Waals surface area contributed by atoms with Crippen molar-refractivity contribution < 1.29 is 0 Å². The van der Waals surface area contributed by atoms with E-state index >= 15 is 0 Å². The molecular formula is C14H26ClSi. The Morgan fingerprint density at radius 1 is 0.938 bits per heavy atom. The molecular weight excluding hydrogens is 232 g/mol. The summed E-state index contributed by atoms with van der Waals surface area (Å²) in [5.74, 6) is 2.12. The van der Waals surface area contributed by atoms with Crippen molar-refractivity contribution in [1.82, 2.24) is 0 Å². The van der Waals surface area contributed by atoms with E-state index in [2.05, 4.69) is 6.92 Å². The van der Waals surface area contributed by atoms with Gasteiger partial charge in [-0.15, -0.1) is 11.6 Å². The topological polar surface area (TPSA) is 0 Å². The second-order valence-electron chi connectivity index (χ2n) is 5.85. The second kappa shape index (κ2) is 6.44. The van der Waals surface area contributed by atoms with Gasteiger partial charge in [0.15, 0.2) is 0 Å². The number of alkyl halides is 1. The Labute approximate surface area is 108 Å². The Morgan fingerprint density at radius 3 is 2.06 bits per heavy atom. The Hall–Kier alpha value is 0.507. The van der Waals surface area contributed by atoms with Crippen molar-refractivity contribution in [2.45, 2.75) is 75.4 Å². The Kier molecular flexibility index (Phi) is 5.21. The summed E-state index contributed by atoms with van der Waals surface area (Å²) >= 11 is 6.19. The van der Waals surface area contributed by atoms with Crippen molar-refractivity contribution in [2.75, 3.05) is 0 Å². The van der Waals surface area contributed by atoms with E-state index in [1.807, 2.05) is 0 Å². The van der Waals surface area contributed by atoms with Crippen LogP contribution in [0.3, 0.4) is 0 Å². The molecule has 1 heterocycles. The normalized spacial score (nSPS) is 34.1. The summed E-state index contributed by atoms with van der Waals surface area (Å²) in [5.41, 5.74) is 0. The first kappa shape index (κ1) is 13.0. The van der Waals surface area contributed by atoms with Crippen molar-refractivity contribution in [3.05, 3.63) is 0 Å². The Balaban J connectivity index is 1.72. The largest absolute Gasteiger partial charge is 0.123 e. The minimum atomic E-state index is 0.0941. The fourth-order valence-corrected chi connectivity index (χ4v) is 6.94. The third-order valence-electron chi connectivity index (χ3n) is 4.71. The molecule has 0 bridgehead atoms. The van der Waals surface area contributed by atoms with Gasteiger partial charge in [0.2, 0.25) is 0 Å². The lowest BCUT2D eigenvalue weighted by atomic mass is 9.77. The standard InChI is InChI=1S/C14H26ClSi/c1-2-9-16-10-7-13(8-11-16)12-3-5-14(15)6-4-12/h12-14H,2-11H2,1H3. The molecule has 2 fully saturated rings. The molecule has 16 heavy (non-hydrogen) atoms. The van der Waals surface area contributed by atoms with Crippen molar-refractivity contribution in [3.8, 4) is 0 Å². The summed E-state index contributed by atoms with van der Waals surface area (Å²) in [6.45, 7) is 2.35. The summed E-state index contributed by atoms with van der Waals surface area (Å²) in [5, 5.41) is 0.500. The zero-order chi connectivity index (χ0) is 11.4. The van der Waals surface area contributed by atoms with Crippen LogP contribution in [0.5, 0.6) is 0 Å². The molecule has 0 atom stereocenters. The highest BCUT2D eigenvalue weighted by Gasteiger charge is 2.30. The maximum atomic E-state index is 6.19. The third-order valence-corrected chi connectivity index (χ3v) is 8.34. The SMILES string of the molecule is CCC[Si]1CCC(C2CCC(Cl)CC2)CC1. The minimum Gasteiger partial charge on any atom is -0.123 e. The van der Waals surface area contributed by atoms with Crippen LogP contribution in [0.25, 0.3) is 0 Å². The van der Waals surface area contributed by atoms with Crippen LogP contribution in [0, 0.1) is 11.8 Å². The van der Waals surface area contributed by atoms with Gasteiger partial charge in [-0.1, -0.05) is 44.3 Å². The Morgan fingerprint density at radius 2 is 1.50 bits per heavy atom. The fourth-order valence-electron chi connectivity index (χ4n) is 3.67. The molecule has 1 radical (unpaired) electrons. The van der Waals surface area contributed by atoms with E-state index < -0.39 is 0 Å². The predicted octanol–water partition coefficient (Wildman–Crippen LogP) is 5.10. The van der Waals surface area contributed by atoms with Gasteiger partial charge < -0.3 is 0 Å². The average Bonchev–Trinajstić information content (AvgIpc) is 2.32. The van der Waals surface area contributed by atoms with Crippen LogP contribution in [0.1, 0.15) is 51.9 Å². The molecule has 2 aliphatic rings. The summed E-state index contributed by atoms with van der Waals surface area (Å²) in [7, 11) is 0.0941. The number of halogens is 1. The van der Waals surface area contributed by atoms with Gasteiger partial charge in [-0.3, -0.25) is 0 Å². The van der Waals surface area contributed by atoms with E-state index in [1.54, 1.807) is 31.0 Å². The van der Waals surface area contributed by atoms with Crippen LogP contribution in [0.4, 0.5) is 0 Å². The van der Waals surface area contributed by atoms with Crippen LogP contribution < -0.4 is 0 Å². The van der Waals surface area contributed by atoms with Gasteiger partial charge in [0.1, 0.15) is 0 Å². The molecule has 93 valence electrons. The van der Waals surface area contributed by atoms with E-state index in [-0.39, 0.29) is 8.80 Å². The zero-order valence-electron chi connectivity index (χ0n) is 10.7. The average molecular weight is 258 g/mol. The van der Waals surface area contributed by atoms with Gasteiger partial charge in [0.05, 0.1) is 0 Å². The summed E-state index contributed by atoms with van der Waals surface area (Å²) in [6, 6.07) is 4.81. The maximum Gasteiger partial charge on any atom is 0.0479 e. The van der Waals surface area contributed by atoms with E-state index in [0.29, 0.717) is 5.38 Å². The molecule has 1 saturated carbocycles. The van der Waals surface area contributed by atoms with Crippen LogP contribution in [-0.2, 0) is 0 Å². The van der Waals surface area contributed by atoms with Crippen LogP contribution in [-0.4, -0.2) is 14.2 Å². The van der Waals surface area contributed by atoms with Gasteiger partial charge in [0.25, 0.3) is 0 Å². The second-order valence-corrected chi connectivity index (χ2v) is 9.47.